The van der Waals surface area contributed by atoms with E-state index in [2.05, 4.69) is 21.2 Å². The molecule has 0 radical (unpaired) electrons. The van der Waals surface area contributed by atoms with Crippen molar-refractivity contribution in [1.29, 1.82) is 0 Å². The maximum absolute atomic E-state index is 12.3. The zero-order valence-corrected chi connectivity index (χ0v) is 13.2. The van der Waals surface area contributed by atoms with Crippen LogP contribution in [0.15, 0.2) is 22.7 Å². The SMILES string of the molecule is Cc1ccc(C(=O)NC2CCCC2(C)C(=O)O)c(Br)c1. The van der Waals surface area contributed by atoms with Crippen molar-refractivity contribution in [3.05, 3.63) is 33.8 Å². The Kier molecular flexibility index (Phi) is 4.18. The molecular weight excluding hydrogens is 322 g/mol. The first-order valence-electron chi connectivity index (χ1n) is 6.65. The van der Waals surface area contributed by atoms with E-state index in [4.69, 9.17) is 0 Å². The van der Waals surface area contributed by atoms with Crippen LogP contribution in [0.25, 0.3) is 0 Å². The second-order valence-electron chi connectivity index (χ2n) is 5.62. The van der Waals surface area contributed by atoms with E-state index in [0.717, 1.165) is 16.5 Å². The van der Waals surface area contributed by atoms with Crippen LogP contribution in [0.4, 0.5) is 0 Å². The van der Waals surface area contributed by atoms with Gasteiger partial charge >= 0.3 is 5.97 Å². The molecule has 1 aromatic rings. The molecule has 2 rings (SSSR count). The Morgan fingerprint density at radius 3 is 2.75 bits per heavy atom. The standard InChI is InChI=1S/C15H18BrNO3/c1-9-5-6-10(11(16)8-9)13(18)17-12-4-3-7-15(12,2)14(19)20/h5-6,8,12H,3-4,7H2,1-2H3,(H,17,18)(H,19,20). The van der Waals surface area contributed by atoms with E-state index in [9.17, 15) is 14.7 Å². The Hall–Kier alpha value is -1.36. The number of aliphatic carboxylic acids is 1. The molecule has 0 heterocycles. The van der Waals surface area contributed by atoms with Crippen molar-refractivity contribution in [2.45, 2.75) is 39.2 Å². The topological polar surface area (TPSA) is 66.4 Å². The number of carbonyl (C=O) groups excluding carboxylic acids is 1. The maximum atomic E-state index is 12.3. The summed E-state index contributed by atoms with van der Waals surface area (Å²) in [5.41, 5.74) is 0.729. The molecule has 0 bridgehead atoms. The summed E-state index contributed by atoms with van der Waals surface area (Å²) in [4.78, 5) is 23.7. The molecule has 0 aliphatic heterocycles. The van der Waals surface area contributed by atoms with Crippen LogP contribution < -0.4 is 5.32 Å². The molecule has 2 unspecified atom stereocenters. The van der Waals surface area contributed by atoms with Crippen molar-refractivity contribution >= 4 is 27.8 Å². The van der Waals surface area contributed by atoms with Crippen molar-refractivity contribution < 1.29 is 14.7 Å². The van der Waals surface area contributed by atoms with E-state index in [1.54, 1.807) is 13.0 Å². The van der Waals surface area contributed by atoms with Crippen LogP contribution in [0.1, 0.15) is 42.1 Å². The summed E-state index contributed by atoms with van der Waals surface area (Å²) in [6.45, 7) is 3.66. The minimum Gasteiger partial charge on any atom is -0.481 e. The molecule has 1 fully saturated rings. The number of hydrogen-bond donors (Lipinski definition) is 2. The molecule has 1 aliphatic carbocycles. The Labute approximate surface area is 126 Å². The van der Waals surface area contributed by atoms with Gasteiger partial charge in [0.2, 0.25) is 0 Å². The first kappa shape index (κ1) is 15.0. The highest BCUT2D eigenvalue weighted by molar-refractivity contribution is 9.10. The minimum absolute atomic E-state index is 0.226. The van der Waals surface area contributed by atoms with Crippen LogP contribution in [0.5, 0.6) is 0 Å². The normalized spacial score (nSPS) is 25.4. The Bertz CT molecular complexity index is 558. The van der Waals surface area contributed by atoms with Gasteiger partial charge in [0, 0.05) is 10.5 Å². The lowest BCUT2D eigenvalue weighted by molar-refractivity contribution is -0.148. The highest BCUT2D eigenvalue weighted by atomic mass is 79.9. The van der Waals surface area contributed by atoms with Crippen LogP contribution in [-0.4, -0.2) is 23.0 Å². The molecule has 1 aliphatic rings. The smallest absolute Gasteiger partial charge is 0.311 e. The number of rotatable bonds is 3. The molecule has 0 spiro atoms. The molecule has 1 amide bonds. The lowest BCUT2D eigenvalue weighted by Crippen LogP contribution is -2.47. The summed E-state index contributed by atoms with van der Waals surface area (Å²) in [5, 5.41) is 12.2. The summed E-state index contributed by atoms with van der Waals surface area (Å²) in [5.74, 6) is -1.07. The van der Waals surface area contributed by atoms with Crippen molar-refractivity contribution in [3.8, 4) is 0 Å². The molecule has 1 saturated carbocycles. The zero-order valence-electron chi connectivity index (χ0n) is 11.6. The van der Waals surface area contributed by atoms with Gasteiger partial charge in [-0.2, -0.15) is 0 Å². The molecule has 0 saturated heterocycles. The van der Waals surface area contributed by atoms with E-state index in [-0.39, 0.29) is 11.9 Å². The summed E-state index contributed by atoms with van der Waals surface area (Å²) >= 11 is 3.38. The average molecular weight is 340 g/mol. The molecule has 108 valence electrons. The van der Waals surface area contributed by atoms with Crippen LogP contribution in [0.2, 0.25) is 0 Å². The molecule has 20 heavy (non-hydrogen) atoms. The highest BCUT2D eigenvalue weighted by Gasteiger charge is 2.46. The van der Waals surface area contributed by atoms with Gasteiger partial charge in [-0.1, -0.05) is 12.5 Å². The van der Waals surface area contributed by atoms with Crippen molar-refractivity contribution in [1.82, 2.24) is 5.32 Å². The predicted molar refractivity (Wildman–Crippen MR) is 79.7 cm³/mol. The van der Waals surface area contributed by atoms with Gasteiger partial charge in [-0.15, -0.1) is 0 Å². The van der Waals surface area contributed by atoms with E-state index >= 15 is 0 Å². The Balaban J connectivity index is 2.17. The fourth-order valence-corrected chi connectivity index (χ4v) is 3.37. The van der Waals surface area contributed by atoms with Crippen LogP contribution >= 0.6 is 15.9 Å². The number of nitrogens with one attached hydrogen (secondary N) is 1. The summed E-state index contributed by atoms with van der Waals surface area (Å²) in [6, 6.07) is 5.17. The van der Waals surface area contributed by atoms with Gasteiger partial charge < -0.3 is 10.4 Å². The number of amides is 1. The monoisotopic (exact) mass is 339 g/mol. The van der Waals surface area contributed by atoms with Gasteiger partial charge in [-0.05, 0) is 60.3 Å². The van der Waals surface area contributed by atoms with Gasteiger partial charge in [-0.3, -0.25) is 9.59 Å². The summed E-state index contributed by atoms with van der Waals surface area (Å²) in [7, 11) is 0. The predicted octanol–water partition coefficient (Wildman–Crippen LogP) is 3.13. The third-order valence-electron chi connectivity index (χ3n) is 4.12. The zero-order chi connectivity index (χ0) is 14.9. The number of carboxylic acids is 1. The lowest BCUT2D eigenvalue weighted by atomic mass is 9.85. The van der Waals surface area contributed by atoms with Gasteiger partial charge in [0.05, 0.1) is 11.0 Å². The number of benzene rings is 1. The third kappa shape index (κ3) is 2.73. The summed E-state index contributed by atoms with van der Waals surface area (Å²) in [6.07, 6.45) is 2.13. The molecular formula is C15H18BrNO3. The quantitative estimate of drug-likeness (QED) is 0.888. The number of halogens is 1. The molecule has 5 heteroatoms. The molecule has 0 aromatic heterocycles. The molecule has 2 atom stereocenters. The first-order valence-corrected chi connectivity index (χ1v) is 7.44. The molecule has 4 nitrogen and oxygen atoms in total. The van der Waals surface area contributed by atoms with Gasteiger partial charge in [0.25, 0.3) is 5.91 Å². The number of hydrogen-bond acceptors (Lipinski definition) is 2. The molecule has 2 N–H and O–H groups in total. The van der Waals surface area contributed by atoms with Crippen molar-refractivity contribution in [2.24, 2.45) is 5.41 Å². The van der Waals surface area contributed by atoms with Crippen molar-refractivity contribution in [3.63, 3.8) is 0 Å². The lowest BCUT2D eigenvalue weighted by Gasteiger charge is -2.27. The van der Waals surface area contributed by atoms with Crippen molar-refractivity contribution in [2.75, 3.05) is 0 Å². The fourth-order valence-electron chi connectivity index (χ4n) is 2.69. The van der Waals surface area contributed by atoms with Gasteiger partial charge in [0.15, 0.2) is 0 Å². The van der Waals surface area contributed by atoms with Gasteiger partial charge in [0.1, 0.15) is 0 Å². The van der Waals surface area contributed by atoms with Crippen LogP contribution in [-0.2, 0) is 4.79 Å². The average Bonchev–Trinajstić information content (AvgIpc) is 2.72. The maximum Gasteiger partial charge on any atom is 0.311 e. The van der Waals surface area contributed by atoms with Gasteiger partial charge in [-0.25, -0.2) is 0 Å². The van der Waals surface area contributed by atoms with E-state index in [1.807, 2.05) is 19.1 Å². The van der Waals surface area contributed by atoms with Crippen LogP contribution in [0, 0.1) is 12.3 Å². The second-order valence-corrected chi connectivity index (χ2v) is 6.48. The molecule has 1 aromatic carbocycles. The number of aryl methyl sites for hydroxylation is 1. The van der Waals surface area contributed by atoms with E-state index in [0.29, 0.717) is 18.4 Å². The second kappa shape index (κ2) is 5.56. The minimum atomic E-state index is -0.868. The number of carboxylic acid groups (broad SMARTS) is 1. The van der Waals surface area contributed by atoms with E-state index in [1.165, 1.54) is 0 Å². The summed E-state index contributed by atoms with van der Waals surface area (Å²) < 4.78 is 0.727. The first-order chi connectivity index (χ1) is 9.34. The Morgan fingerprint density at radius 2 is 2.15 bits per heavy atom. The van der Waals surface area contributed by atoms with Crippen LogP contribution in [0.3, 0.4) is 0 Å². The largest absolute Gasteiger partial charge is 0.481 e. The van der Waals surface area contributed by atoms with E-state index < -0.39 is 11.4 Å². The third-order valence-corrected chi connectivity index (χ3v) is 4.78. The number of carbonyl (C=O) groups is 2. The highest BCUT2D eigenvalue weighted by Crippen LogP contribution is 2.38. The Morgan fingerprint density at radius 1 is 1.45 bits per heavy atom. The fraction of sp³-hybridized carbons (Fsp3) is 0.467.